The molecule has 2 atom stereocenters. The zero-order chi connectivity index (χ0) is 11.3. The molecule has 0 spiro atoms. The van der Waals surface area contributed by atoms with Crippen LogP contribution in [0.5, 0.6) is 0 Å². The molecule has 84 valence electrons. The molecule has 0 aromatic carbocycles. The molecule has 0 fully saturated rings. The Morgan fingerprint density at radius 2 is 2.40 bits per heavy atom. The molecule has 1 heterocycles. The summed E-state index contributed by atoms with van der Waals surface area (Å²) in [6, 6.07) is 0.403. The number of rotatable bonds is 4. The molecule has 1 aliphatic heterocycles. The zero-order valence-electron chi connectivity index (χ0n) is 9.78. The number of likely N-dealkylation sites (N-methyl/N-ethyl adjacent to an activating group) is 1. The van der Waals surface area contributed by atoms with Crippen LogP contribution in [0.3, 0.4) is 0 Å². The number of hydrogen-bond donors (Lipinski definition) is 0. The van der Waals surface area contributed by atoms with Crippen LogP contribution in [0, 0.1) is 5.92 Å². The summed E-state index contributed by atoms with van der Waals surface area (Å²) < 4.78 is 5.26. The normalized spacial score (nSPS) is 24.7. The van der Waals surface area contributed by atoms with E-state index in [4.69, 9.17) is 4.74 Å². The Morgan fingerprint density at radius 3 is 3.07 bits per heavy atom. The van der Waals surface area contributed by atoms with Crippen molar-refractivity contribution in [3.8, 4) is 0 Å². The summed E-state index contributed by atoms with van der Waals surface area (Å²) in [4.78, 5) is 2.32. The second kappa shape index (κ2) is 5.76. The van der Waals surface area contributed by atoms with Gasteiger partial charge in [-0.1, -0.05) is 37.8 Å². The predicted molar refractivity (Wildman–Crippen MR) is 64.6 cm³/mol. The van der Waals surface area contributed by atoms with Crippen molar-refractivity contribution < 1.29 is 4.74 Å². The quantitative estimate of drug-likeness (QED) is 0.519. The second-order valence-corrected chi connectivity index (χ2v) is 4.20. The molecule has 2 heteroatoms. The van der Waals surface area contributed by atoms with Gasteiger partial charge in [-0.05, 0) is 13.5 Å². The summed E-state index contributed by atoms with van der Waals surface area (Å²) >= 11 is 0. The van der Waals surface area contributed by atoms with E-state index >= 15 is 0 Å². The Bertz CT molecular complexity index is 257. The molecule has 0 bridgehead atoms. The first-order chi connectivity index (χ1) is 7.16. The lowest BCUT2D eigenvalue weighted by atomic mass is 9.93. The fourth-order valence-electron chi connectivity index (χ4n) is 2.17. The van der Waals surface area contributed by atoms with Gasteiger partial charge in [0.2, 0.25) is 0 Å². The van der Waals surface area contributed by atoms with Gasteiger partial charge in [0.25, 0.3) is 0 Å². The van der Waals surface area contributed by atoms with Crippen LogP contribution in [0.4, 0.5) is 0 Å². The smallest absolute Gasteiger partial charge is 0.0916 e. The first-order valence-corrected chi connectivity index (χ1v) is 5.42. The van der Waals surface area contributed by atoms with Gasteiger partial charge in [0.1, 0.15) is 0 Å². The van der Waals surface area contributed by atoms with Crippen LogP contribution in [0.15, 0.2) is 37.1 Å². The Balaban J connectivity index is 2.63. The van der Waals surface area contributed by atoms with Gasteiger partial charge in [0, 0.05) is 18.5 Å². The van der Waals surface area contributed by atoms with E-state index in [0.717, 1.165) is 13.0 Å². The van der Waals surface area contributed by atoms with Gasteiger partial charge in [-0.3, -0.25) is 4.90 Å². The maximum Gasteiger partial charge on any atom is 0.0916 e. The number of hydrogen-bond acceptors (Lipinski definition) is 2. The highest BCUT2D eigenvalue weighted by Gasteiger charge is 2.24. The topological polar surface area (TPSA) is 12.5 Å². The summed E-state index contributed by atoms with van der Waals surface area (Å²) in [5.41, 5.74) is 1.27. The first kappa shape index (κ1) is 12.1. The van der Waals surface area contributed by atoms with Gasteiger partial charge >= 0.3 is 0 Å². The van der Waals surface area contributed by atoms with Gasteiger partial charge in [0.15, 0.2) is 0 Å². The highest BCUT2D eigenvalue weighted by Crippen LogP contribution is 2.22. The van der Waals surface area contributed by atoms with Gasteiger partial charge in [-0.25, -0.2) is 0 Å². The molecule has 1 aliphatic rings. The van der Waals surface area contributed by atoms with Crippen molar-refractivity contribution in [3.63, 3.8) is 0 Å². The third-order valence-electron chi connectivity index (χ3n) is 2.85. The maximum atomic E-state index is 5.26. The Hall–Kier alpha value is -1.02. The molecule has 0 aromatic heterocycles. The van der Waals surface area contributed by atoms with E-state index in [-0.39, 0.29) is 0 Å². The summed E-state index contributed by atoms with van der Waals surface area (Å²) in [7, 11) is 2.13. The molecule has 0 aromatic rings. The van der Waals surface area contributed by atoms with Crippen molar-refractivity contribution in [2.45, 2.75) is 19.4 Å². The molecule has 0 saturated heterocycles. The van der Waals surface area contributed by atoms with Crippen LogP contribution in [-0.4, -0.2) is 31.1 Å². The number of ether oxygens (including phenoxy) is 1. The fraction of sp³-hybridized carbons (Fsp3) is 0.538. The van der Waals surface area contributed by atoms with Crippen molar-refractivity contribution in [3.05, 3.63) is 37.1 Å². The molecule has 1 rings (SSSR count). The average Bonchev–Trinajstić information content (AvgIpc) is 2.36. The van der Waals surface area contributed by atoms with E-state index in [1.807, 2.05) is 0 Å². The van der Waals surface area contributed by atoms with E-state index in [2.05, 4.69) is 44.2 Å². The van der Waals surface area contributed by atoms with Gasteiger partial charge in [-0.2, -0.15) is 0 Å². The Labute approximate surface area is 92.9 Å². The molecule has 0 saturated carbocycles. The molecular formula is C13H21NO. The number of allylic oxidation sites excluding steroid dienone is 1. The monoisotopic (exact) mass is 207 g/mol. The minimum absolute atomic E-state index is 0.403. The van der Waals surface area contributed by atoms with Gasteiger partial charge in [-0.15, -0.1) is 0 Å². The Morgan fingerprint density at radius 1 is 1.67 bits per heavy atom. The molecule has 0 aliphatic carbocycles. The standard InChI is InChI=1S/C13H21NO/c1-5-15-10-12(3)13-11(2)8-6-7-9-14(13)4/h5-7,12-13H,1-2,8-10H2,3-4H3/t12-,13?/m0/s1. The summed E-state index contributed by atoms with van der Waals surface area (Å²) in [6.45, 7) is 11.6. The predicted octanol–water partition coefficient (Wildman–Crippen LogP) is 2.60. The molecule has 2 nitrogen and oxygen atoms in total. The van der Waals surface area contributed by atoms with Gasteiger partial charge < -0.3 is 4.74 Å². The highest BCUT2D eigenvalue weighted by molar-refractivity contribution is 5.15. The first-order valence-electron chi connectivity index (χ1n) is 5.42. The molecule has 0 N–H and O–H groups in total. The zero-order valence-corrected chi connectivity index (χ0v) is 9.78. The third-order valence-corrected chi connectivity index (χ3v) is 2.85. The van der Waals surface area contributed by atoms with Crippen molar-refractivity contribution in [2.75, 3.05) is 20.2 Å². The average molecular weight is 207 g/mol. The lowest BCUT2D eigenvalue weighted by Crippen LogP contribution is -2.39. The second-order valence-electron chi connectivity index (χ2n) is 4.20. The van der Waals surface area contributed by atoms with E-state index < -0.39 is 0 Å². The van der Waals surface area contributed by atoms with Crippen LogP contribution >= 0.6 is 0 Å². The van der Waals surface area contributed by atoms with Gasteiger partial charge in [0.05, 0.1) is 12.9 Å². The Kier molecular flexibility index (Phi) is 4.63. The molecule has 15 heavy (non-hydrogen) atoms. The van der Waals surface area contributed by atoms with Crippen LogP contribution in [0.25, 0.3) is 0 Å². The maximum absolute atomic E-state index is 5.26. The lowest BCUT2D eigenvalue weighted by Gasteiger charge is -2.32. The van der Waals surface area contributed by atoms with Crippen LogP contribution in [-0.2, 0) is 4.74 Å². The van der Waals surface area contributed by atoms with Crippen molar-refractivity contribution in [1.82, 2.24) is 4.90 Å². The van der Waals surface area contributed by atoms with Crippen LogP contribution < -0.4 is 0 Å². The SMILES string of the molecule is C=COC[C@H](C)C1C(=C)CC=CCN1C. The number of nitrogens with zero attached hydrogens (tertiary/aromatic N) is 1. The van der Waals surface area contributed by atoms with Crippen molar-refractivity contribution in [1.29, 1.82) is 0 Å². The summed E-state index contributed by atoms with van der Waals surface area (Å²) in [5.74, 6) is 0.445. The molecule has 0 amide bonds. The van der Waals surface area contributed by atoms with E-state index in [9.17, 15) is 0 Å². The minimum Gasteiger partial charge on any atom is -0.501 e. The summed E-state index contributed by atoms with van der Waals surface area (Å²) in [6.07, 6.45) is 6.88. The van der Waals surface area contributed by atoms with Crippen LogP contribution in [0.1, 0.15) is 13.3 Å². The molecular weight excluding hydrogens is 186 g/mol. The highest BCUT2D eigenvalue weighted by atomic mass is 16.5. The lowest BCUT2D eigenvalue weighted by molar-refractivity contribution is 0.141. The van der Waals surface area contributed by atoms with Crippen molar-refractivity contribution >= 4 is 0 Å². The van der Waals surface area contributed by atoms with Crippen molar-refractivity contribution in [2.24, 2.45) is 5.92 Å². The van der Waals surface area contributed by atoms with Crippen LogP contribution in [0.2, 0.25) is 0 Å². The third kappa shape index (κ3) is 3.24. The minimum atomic E-state index is 0.403. The molecule has 0 radical (unpaired) electrons. The van der Waals surface area contributed by atoms with E-state index in [1.54, 1.807) is 0 Å². The summed E-state index contributed by atoms with van der Waals surface area (Å²) in [5, 5.41) is 0. The largest absolute Gasteiger partial charge is 0.501 e. The fourth-order valence-corrected chi connectivity index (χ4v) is 2.17. The van der Waals surface area contributed by atoms with E-state index in [0.29, 0.717) is 18.6 Å². The van der Waals surface area contributed by atoms with E-state index in [1.165, 1.54) is 11.8 Å². The molecule has 1 unspecified atom stereocenters.